The highest BCUT2D eigenvalue weighted by Crippen LogP contribution is 2.27. The van der Waals surface area contributed by atoms with Crippen LogP contribution < -0.4 is 21.3 Å². The molecule has 1 N–H and O–H groups in total. The lowest BCUT2D eigenvalue weighted by molar-refractivity contribution is 0.102. The lowest BCUT2D eigenvalue weighted by Crippen LogP contribution is -2.42. The number of ether oxygens (including phenoxy) is 1. The number of rotatable bonds is 6. The molecular weight excluding hydrogens is 498 g/mol. The van der Waals surface area contributed by atoms with Crippen LogP contribution in [0.3, 0.4) is 0 Å². The fraction of sp³-hybridized carbons (Fsp3) is 0.115. The van der Waals surface area contributed by atoms with Crippen LogP contribution in [0.1, 0.15) is 23.0 Å². The molecule has 2 aromatic carbocycles. The third-order valence-corrected chi connectivity index (χ3v) is 5.68. The molecule has 1 amide bonds. The summed E-state index contributed by atoms with van der Waals surface area (Å²) in [5.41, 5.74) is -0.613. The summed E-state index contributed by atoms with van der Waals surface area (Å²) in [7, 11) is 0. The largest absolute Gasteiger partial charge is 0.436 e. The smallest absolute Gasteiger partial charge is 0.335 e. The molecular formula is C26H20F2N6O4. The van der Waals surface area contributed by atoms with Crippen molar-refractivity contribution in [1.82, 2.24) is 23.7 Å². The van der Waals surface area contributed by atoms with Gasteiger partial charge in [-0.2, -0.15) is 9.61 Å². The molecule has 0 atom stereocenters. The summed E-state index contributed by atoms with van der Waals surface area (Å²) in [6, 6.07) is 11.8. The van der Waals surface area contributed by atoms with E-state index in [2.05, 4.69) is 15.4 Å². The Labute approximate surface area is 213 Å². The third kappa shape index (κ3) is 4.54. The van der Waals surface area contributed by atoms with Crippen molar-refractivity contribution in [3.8, 4) is 17.3 Å². The molecule has 0 aliphatic heterocycles. The second-order valence-corrected chi connectivity index (χ2v) is 8.27. The van der Waals surface area contributed by atoms with Gasteiger partial charge in [-0.25, -0.2) is 23.1 Å². The Hall–Kier alpha value is -5.13. The zero-order valence-corrected chi connectivity index (χ0v) is 20.2. The normalized spacial score (nSPS) is 11.1. The van der Waals surface area contributed by atoms with E-state index in [9.17, 15) is 23.2 Å². The summed E-state index contributed by atoms with van der Waals surface area (Å²) in [5.74, 6) is -2.06. The first-order valence-electron chi connectivity index (χ1n) is 11.5. The molecule has 0 aliphatic carbocycles. The van der Waals surface area contributed by atoms with Gasteiger partial charge >= 0.3 is 5.69 Å². The highest BCUT2D eigenvalue weighted by molar-refractivity contribution is 6.03. The minimum atomic E-state index is -0.902. The first-order valence-corrected chi connectivity index (χ1v) is 11.5. The highest BCUT2D eigenvalue weighted by atomic mass is 19.1. The van der Waals surface area contributed by atoms with Crippen LogP contribution in [-0.2, 0) is 6.54 Å². The number of hydrogen-bond donors (Lipinski definition) is 1. The molecule has 0 bridgehead atoms. The van der Waals surface area contributed by atoms with Gasteiger partial charge in [-0.15, -0.1) is 0 Å². The van der Waals surface area contributed by atoms with Crippen molar-refractivity contribution in [2.45, 2.75) is 20.4 Å². The highest BCUT2D eigenvalue weighted by Gasteiger charge is 2.19. The van der Waals surface area contributed by atoms with Crippen molar-refractivity contribution in [3.63, 3.8) is 0 Å². The zero-order chi connectivity index (χ0) is 27.0. The summed E-state index contributed by atoms with van der Waals surface area (Å²) in [6.45, 7) is 3.59. The van der Waals surface area contributed by atoms with E-state index in [0.717, 1.165) is 29.0 Å². The van der Waals surface area contributed by atoms with Crippen molar-refractivity contribution >= 4 is 17.2 Å². The van der Waals surface area contributed by atoms with Gasteiger partial charge in [0.2, 0.25) is 5.88 Å². The van der Waals surface area contributed by atoms with Crippen molar-refractivity contribution in [3.05, 3.63) is 111 Å². The number of anilines is 1. The molecule has 0 radical (unpaired) electrons. The van der Waals surface area contributed by atoms with Gasteiger partial charge < -0.3 is 10.1 Å². The molecule has 0 aliphatic rings. The van der Waals surface area contributed by atoms with E-state index in [1.54, 1.807) is 26.0 Å². The maximum absolute atomic E-state index is 14.9. The van der Waals surface area contributed by atoms with Crippen LogP contribution >= 0.6 is 0 Å². The number of carbonyl (C=O) groups is 1. The predicted molar refractivity (Wildman–Crippen MR) is 134 cm³/mol. The topological polar surface area (TPSA) is 113 Å². The van der Waals surface area contributed by atoms with E-state index in [1.165, 1.54) is 39.5 Å². The number of aryl methyl sites for hydroxylation is 2. The standard InChI is InChI=1S/C26H20F2N6O4/c1-3-32-14-19(25(36)33(26(32)37)18-7-4-16(27)5-8-18)24(35)31-17-6-9-21(20(28)13-17)38-23-12-15(2)30-22-10-11-29-34(22)23/h4-14H,3H2,1-2H3,(H,31,35). The second kappa shape index (κ2) is 9.73. The first kappa shape index (κ1) is 24.6. The predicted octanol–water partition coefficient (Wildman–Crippen LogP) is 3.69. The first-order chi connectivity index (χ1) is 18.2. The molecule has 38 heavy (non-hydrogen) atoms. The summed E-state index contributed by atoms with van der Waals surface area (Å²) in [5, 5.41) is 6.59. The van der Waals surface area contributed by atoms with Crippen molar-refractivity contribution in [2.24, 2.45) is 0 Å². The Morgan fingerprint density at radius 2 is 1.82 bits per heavy atom. The van der Waals surface area contributed by atoms with Gasteiger partial charge in [-0.05, 0) is 50.2 Å². The lowest BCUT2D eigenvalue weighted by Gasteiger charge is -2.13. The van der Waals surface area contributed by atoms with Crippen LogP contribution in [-0.4, -0.2) is 29.6 Å². The van der Waals surface area contributed by atoms with E-state index >= 15 is 0 Å². The van der Waals surface area contributed by atoms with E-state index in [1.807, 2.05) is 0 Å². The Morgan fingerprint density at radius 3 is 2.53 bits per heavy atom. The number of amides is 1. The molecule has 5 rings (SSSR count). The van der Waals surface area contributed by atoms with Gasteiger partial charge in [-0.1, -0.05) is 0 Å². The summed E-state index contributed by atoms with van der Waals surface area (Å²) in [6.07, 6.45) is 2.67. The number of nitrogens with one attached hydrogen (secondary N) is 1. The van der Waals surface area contributed by atoms with Crippen LogP contribution in [0, 0.1) is 18.6 Å². The maximum Gasteiger partial charge on any atom is 0.335 e. The number of fused-ring (bicyclic) bond motifs is 1. The molecule has 12 heteroatoms. The van der Waals surface area contributed by atoms with Gasteiger partial charge in [0.1, 0.15) is 11.4 Å². The SMILES string of the molecule is CCn1cc(C(=O)Nc2ccc(Oc3cc(C)nc4ccnn34)c(F)c2)c(=O)n(-c2ccc(F)cc2)c1=O. The molecule has 0 unspecified atom stereocenters. The van der Waals surface area contributed by atoms with Gasteiger partial charge in [0, 0.05) is 42.3 Å². The quantitative estimate of drug-likeness (QED) is 0.367. The van der Waals surface area contributed by atoms with Gasteiger partial charge in [0.15, 0.2) is 17.2 Å². The van der Waals surface area contributed by atoms with Gasteiger partial charge in [0.05, 0.1) is 11.9 Å². The summed E-state index contributed by atoms with van der Waals surface area (Å²) in [4.78, 5) is 43.2. The fourth-order valence-corrected chi connectivity index (χ4v) is 3.85. The van der Waals surface area contributed by atoms with Crippen LogP contribution in [0.4, 0.5) is 14.5 Å². The fourth-order valence-electron chi connectivity index (χ4n) is 3.85. The molecule has 0 spiro atoms. The molecule has 0 saturated carbocycles. The van der Waals surface area contributed by atoms with Crippen LogP contribution in [0.5, 0.6) is 11.6 Å². The Bertz CT molecular complexity index is 1810. The molecule has 0 fully saturated rings. The Balaban J connectivity index is 1.44. The van der Waals surface area contributed by atoms with Crippen LogP contribution in [0.2, 0.25) is 0 Å². The zero-order valence-electron chi connectivity index (χ0n) is 20.2. The lowest BCUT2D eigenvalue weighted by atomic mass is 10.2. The molecule has 5 aromatic rings. The number of hydrogen-bond acceptors (Lipinski definition) is 6. The molecule has 10 nitrogen and oxygen atoms in total. The average molecular weight is 518 g/mol. The summed E-state index contributed by atoms with van der Waals surface area (Å²) >= 11 is 0. The molecule has 0 saturated heterocycles. The van der Waals surface area contributed by atoms with Crippen molar-refractivity contribution in [2.75, 3.05) is 5.32 Å². The van der Waals surface area contributed by atoms with Crippen molar-refractivity contribution < 1.29 is 18.3 Å². The second-order valence-electron chi connectivity index (χ2n) is 8.27. The Morgan fingerprint density at radius 1 is 1.05 bits per heavy atom. The number of benzene rings is 2. The van der Waals surface area contributed by atoms with E-state index in [-0.39, 0.29) is 35.1 Å². The van der Waals surface area contributed by atoms with E-state index < -0.39 is 28.8 Å². The van der Waals surface area contributed by atoms with E-state index in [0.29, 0.717) is 11.3 Å². The number of carbonyl (C=O) groups excluding carboxylic acids is 1. The van der Waals surface area contributed by atoms with Crippen LogP contribution in [0.15, 0.2) is 76.6 Å². The maximum atomic E-state index is 14.9. The van der Waals surface area contributed by atoms with Crippen LogP contribution in [0.25, 0.3) is 11.3 Å². The third-order valence-electron chi connectivity index (χ3n) is 5.68. The molecule has 3 heterocycles. The molecule has 3 aromatic heterocycles. The minimum absolute atomic E-state index is 0.0528. The minimum Gasteiger partial charge on any atom is -0.436 e. The average Bonchev–Trinajstić information content (AvgIpc) is 3.35. The number of aromatic nitrogens is 5. The van der Waals surface area contributed by atoms with E-state index in [4.69, 9.17) is 4.74 Å². The molecule has 192 valence electrons. The summed E-state index contributed by atoms with van der Waals surface area (Å²) < 4.78 is 37.4. The number of halogens is 2. The van der Waals surface area contributed by atoms with Gasteiger partial charge in [0.25, 0.3) is 11.5 Å². The monoisotopic (exact) mass is 518 g/mol. The Kier molecular flexibility index (Phi) is 6.29. The number of nitrogens with zero attached hydrogens (tertiary/aromatic N) is 5. The van der Waals surface area contributed by atoms with Gasteiger partial charge in [-0.3, -0.25) is 14.2 Å². The van der Waals surface area contributed by atoms with Crippen molar-refractivity contribution in [1.29, 1.82) is 0 Å².